The molecule has 4 heteroatoms. The van der Waals surface area contributed by atoms with Crippen molar-refractivity contribution in [3.63, 3.8) is 0 Å². The van der Waals surface area contributed by atoms with Crippen LogP contribution in [-0.2, 0) is 19.1 Å². The highest BCUT2D eigenvalue weighted by molar-refractivity contribution is 5.83. The Labute approximate surface area is 135 Å². The predicted molar refractivity (Wildman–Crippen MR) is 82.1 cm³/mol. The Morgan fingerprint density at radius 2 is 1.78 bits per heavy atom. The van der Waals surface area contributed by atoms with Crippen LogP contribution < -0.4 is 0 Å². The zero-order valence-electron chi connectivity index (χ0n) is 13.1. The first-order valence-corrected chi connectivity index (χ1v) is 8.95. The zero-order chi connectivity index (χ0) is 15.6. The SMILES string of the molecule is O=C(OC1C(=O)OC2C=CCC21)C1CC2CC1C1CC=CCC21. The molecule has 1 saturated heterocycles. The summed E-state index contributed by atoms with van der Waals surface area (Å²) in [6, 6.07) is 0. The van der Waals surface area contributed by atoms with E-state index in [4.69, 9.17) is 9.47 Å². The second-order valence-corrected chi connectivity index (χ2v) is 7.86. The fourth-order valence-corrected chi connectivity index (χ4v) is 5.89. The van der Waals surface area contributed by atoms with Gasteiger partial charge in [-0.2, -0.15) is 0 Å². The average molecular weight is 314 g/mol. The number of rotatable bonds is 2. The third-order valence-corrected chi connectivity index (χ3v) is 6.91. The maximum Gasteiger partial charge on any atom is 0.348 e. The van der Waals surface area contributed by atoms with Gasteiger partial charge in [0.2, 0.25) is 6.10 Å². The molecule has 8 atom stereocenters. The first kappa shape index (κ1) is 13.8. The maximum absolute atomic E-state index is 12.7. The molecule has 0 aromatic rings. The molecule has 4 nitrogen and oxygen atoms in total. The summed E-state index contributed by atoms with van der Waals surface area (Å²) in [5.74, 6) is 2.02. The Balaban J connectivity index is 1.29. The Morgan fingerprint density at radius 3 is 2.65 bits per heavy atom. The smallest absolute Gasteiger partial charge is 0.348 e. The molecule has 8 unspecified atom stereocenters. The topological polar surface area (TPSA) is 52.6 Å². The van der Waals surface area contributed by atoms with Crippen LogP contribution in [-0.4, -0.2) is 24.1 Å². The lowest BCUT2D eigenvalue weighted by Gasteiger charge is -2.36. The summed E-state index contributed by atoms with van der Waals surface area (Å²) in [6.07, 6.45) is 12.8. The number of fused-ring (bicyclic) bond motifs is 6. The van der Waals surface area contributed by atoms with Crippen LogP contribution in [0.1, 0.15) is 32.1 Å². The summed E-state index contributed by atoms with van der Waals surface area (Å²) in [5.41, 5.74) is 0. The Hall–Kier alpha value is -1.58. The van der Waals surface area contributed by atoms with Gasteiger partial charge < -0.3 is 9.47 Å². The molecule has 0 aromatic heterocycles. The molecular weight excluding hydrogens is 292 g/mol. The number of esters is 2. The van der Waals surface area contributed by atoms with Crippen LogP contribution in [0.15, 0.2) is 24.3 Å². The number of carbonyl (C=O) groups excluding carboxylic acids is 2. The fraction of sp³-hybridized carbons (Fsp3) is 0.684. The quantitative estimate of drug-likeness (QED) is 0.581. The van der Waals surface area contributed by atoms with E-state index in [1.54, 1.807) is 0 Å². The second-order valence-electron chi connectivity index (χ2n) is 7.86. The number of ether oxygens (including phenoxy) is 2. The first-order chi connectivity index (χ1) is 11.2. The van der Waals surface area contributed by atoms with Crippen LogP contribution in [0.5, 0.6) is 0 Å². The summed E-state index contributed by atoms with van der Waals surface area (Å²) in [5, 5.41) is 0. The number of hydrogen-bond donors (Lipinski definition) is 0. The molecule has 122 valence electrons. The third kappa shape index (κ3) is 1.96. The monoisotopic (exact) mass is 314 g/mol. The van der Waals surface area contributed by atoms with Gasteiger partial charge in [-0.15, -0.1) is 0 Å². The summed E-state index contributed by atoms with van der Waals surface area (Å²) in [4.78, 5) is 24.7. The predicted octanol–water partition coefficient (Wildman–Crippen LogP) is 2.64. The molecular formula is C19H22O4. The lowest BCUT2D eigenvalue weighted by Crippen LogP contribution is -2.37. The van der Waals surface area contributed by atoms with Gasteiger partial charge >= 0.3 is 11.9 Å². The number of hydrogen-bond acceptors (Lipinski definition) is 4. The number of allylic oxidation sites excluding steroid dienone is 3. The van der Waals surface area contributed by atoms with Gasteiger partial charge in [-0.1, -0.05) is 18.2 Å². The largest absolute Gasteiger partial charge is 0.455 e. The van der Waals surface area contributed by atoms with Gasteiger partial charge in [-0.25, -0.2) is 4.79 Å². The Kier molecular flexibility index (Phi) is 2.98. The van der Waals surface area contributed by atoms with Crippen molar-refractivity contribution < 1.29 is 19.1 Å². The Morgan fingerprint density at radius 1 is 1.00 bits per heavy atom. The van der Waals surface area contributed by atoms with Crippen molar-refractivity contribution in [2.45, 2.75) is 44.3 Å². The molecule has 1 aliphatic heterocycles. The van der Waals surface area contributed by atoms with Crippen molar-refractivity contribution in [2.24, 2.45) is 35.5 Å². The summed E-state index contributed by atoms with van der Waals surface area (Å²) in [6.45, 7) is 0. The van der Waals surface area contributed by atoms with E-state index in [1.807, 2.05) is 12.2 Å². The van der Waals surface area contributed by atoms with Crippen molar-refractivity contribution in [1.29, 1.82) is 0 Å². The van der Waals surface area contributed by atoms with Gasteiger partial charge in [-0.05, 0) is 61.9 Å². The normalized spacial score (nSPS) is 49.1. The zero-order valence-corrected chi connectivity index (χ0v) is 13.1. The van der Waals surface area contributed by atoms with E-state index in [2.05, 4.69) is 12.2 Å². The molecule has 5 rings (SSSR count). The Bertz CT molecular complexity index is 606. The molecule has 1 heterocycles. The highest BCUT2D eigenvalue weighted by Gasteiger charge is 2.56. The van der Waals surface area contributed by atoms with Gasteiger partial charge in [0.15, 0.2) is 0 Å². The molecule has 5 aliphatic rings. The van der Waals surface area contributed by atoms with Gasteiger partial charge in [0, 0.05) is 0 Å². The van der Waals surface area contributed by atoms with Crippen molar-refractivity contribution >= 4 is 11.9 Å². The van der Waals surface area contributed by atoms with Crippen molar-refractivity contribution in [1.82, 2.24) is 0 Å². The first-order valence-electron chi connectivity index (χ1n) is 8.95. The van der Waals surface area contributed by atoms with Crippen molar-refractivity contribution in [3.05, 3.63) is 24.3 Å². The lowest BCUT2D eigenvalue weighted by molar-refractivity contribution is -0.167. The van der Waals surface area contributed by atoms with Gasteiger partial charge in [0.05, 0.1) is 11.8 Å². The summed E-state index contributed by atoms with van der Waals surface area (Å²) >= 11 is 0. The van der Waals surface area contributed by atoms with Crippen LogP contribution in [0.25, 0.3) is 0 Å². The molecule has 0 radical (unpaired) electrons. The minimum Gasteiger partial charge on any atom is -0.455 e. The molecule has 0 aromatic carbocycles. The highest BCUT2D eigenvalue weighted by Crippen LogP contribution is 2.59. The lowest BCUT2D eigenvalue weighted by atomic mass is 9.69. The van der Waals surface area contributed by atoms with E-state index in [0.29, 0.717) is 17.8 Å². The minimum atomic E-state index is -0.691. The van der Waals surface area contributed by atoms with E-state index in [9.17, 15) is 9.59 Å². The molecule has 0 spiro atoms. The minimum absolute atomic E-state index is 0.00426. The van der Waals surface area contributed by atoms with Crippen molar-refractivity contribution in [2.75, 3.05) is 0 Å². The molecule has 23 heavy (non-hydrogen) atoms. The van der Waals surface area contributed by atoms with E-state index in [1.165, 1.54) is 12.8 Å². The van der Waals surface area contributed by atoms with E-state index >= 15 is 0 Å². The molecule has 2 saturated carbocycles. The van der Waals surface area contributed by atoms with Crippen molar-refractivity contribution in [3.8, 4) is 0 Å². The van der Waals surface area contributed by atoms with Gasteiger partial charge in [-0.3, -0.25) is 4.79 Å². The van der Waals surface area contributed by atoms with Crippen LogP contribution in [0.2, 0.25) is 0 Å². The van der Waals surface area contributed by atoms with E-state index < -0.39 is 6.10 Å². The molecule has 0 amide bonds. The molecule has 2 bridgehead atoms. The van der Waals surface area contributed by atoms with Gasteiger partial charge in [0.1, 0.15) is 6.10 Å². The van der Waals surface area contributed by atoms with Crippen LogP contribution in [0.4, 0.5) is 0 Å². The van der Waals surface area contributed by atoms with Gasteiger partial charge in [0.25, 0.3) is 0 Å². The molecule has 3 fully saturated rings. The average Bonchev–Trinajstić information content (AvgIpc) is 3.30. The number of carbonyl (C=O) groups is 2. The molecule has 4 aliphatic carbocycles. The summed E-state index contributed by atoms with van der Waals surface area (Å²) in [7, 11) is 0. The van der Waals surface area contributed by atoms with Crippen LogP contribution in [0.3, 0.4) is 0 Å². The fourth-order valence-electron chi connectivity index (χ4n) is 5.89. The third-order valence-electron chi connectivity index (χ3n) is 6.91. The van der Waals surface area contributed by atoms with Crippen LogP contribution >= 0.6 is 0 Å². The van der Waals surface area contributed by atoms with E-state index in [0.717, 1.165) is 25.2 Å². The highest BCUT2D eigenvalue weighted by atomic mass is 16.6. The maximum atomic E-state index is 12.7. The van der Waals surface area contributed by atoms with E-state index in [-0.39, 0.29) is 29.9 Å². The molecule has 0 N–H and O–H groups in total. The summed E-state index contributed by atoms with van der Waals surface area (Å²) < 4.78 is 11.0. The standard InChI is InChI=1S/C19H22O4/c20-18(23-17-13-6-3-7-16(13)22-19(17)21)15-9-10-8-14(15)12-5-2-1-4-11(10)12/h1-3,7,10-17H,4-6,8-9H2. The van der Waals surface area contributed by atoms with Crippen LogP contribution in [0, 0.1) is 35.5 Å². The second kappa shape index (κ2) is 4.96.